The maximum Gasteiger partial charge on any atom is 0.275 e. The highest BCUT2D eigenvalue weighted by molar-refractivity contribution is 7.89. The molecule has 28 heavy (non-hydrogen) atoms. The van der Waals surface area contributed by atoms with Crippen molar-refractivity contribution in [3.63, 3.8) is 0 Å². The van der Waals surface area contributed by atoms with Gasteiger partial charge in [0.1, 0.15) is 10.6 Å². The van der Waals surface area contributed by atoms with E-state index in [1.807, 2.05) is 0 Å². The molecule has 0 aromatic carbocycles. The lowest BCUT2D eigenvalue weighted by molar-refractivity contribution is -0.00490. The SMILES string of the molecule is Cc1cc(NC(=O)c2c(F)c(S(=O)(=O)N[C@H](C)C(C)(F)F)cn2C)cc(F)n1. The molecule has 2 aromatic rings. The smallest absolute Gasteiger partial charge is 0.275 e. The number of rotatable bonds is 6. The first-order valence-corrected chi connectivity index (χ1v) is 9.41. The minimum atomic E-state index is -4.67. The third-order valence-electron chi connectivity index (χ3n) is 3.86. The number of sulfonamides is 1. The number of alkyl halides is 2. The summed E-state index contributed by atoms with van der Waals surface area (Å²) in [5, 5.41) is 2.24. The first-order valence-electron chi connectivity index (χ1n) is 7.93. The van der Waals surface area contributed by atoms with Crippen molar-refractivity contribution in [3.8, 4) is 0 Å². The molecule has 2 N–H and O–H groups in total. The van der Waals surface area contributed by atoms with Crippen LogP contribution in [0.1, 0.15) is 30.0 Å². The lowest BCUT2D eigenvalue weighted by Gasteiger charge is -2.20. The van der Waals surface area contributed by atoms with Gasteiger partial charge in [0.2, 0.25) is 16.0 Å². The Morgan fingerprint density at radius 3 is 2.43 bits per heavy atom. The van der Waals surface area contributed by atoms with Gasteiger partial charge in [0, 0.05) is 37.6 Å². The number of amides is 1. The van der Waals surface area contributed by atoms with Crippen LogP contribution < -0.4 is 10.0 Å². The highest BCUT2D eigenvalue weighted by Crippen LogP contribution is 2.24. The van der Waals surface area contributed by atoms with Gasteiger partial charge < -0.3 is 9.88 Å². The second-order valence-corrected chi connectivity index (χ2v) is 8.02. The topological polar surface area (TPSA) is 93.1 Å². The number of carbonyl (C=O) groups is 1. The predicted octanol–water partition coefficient (Wildman–Crippen LogP) is 2.58. The van der Waals surface area contributed by atoms with Crippen LogP contribution in [0.4, 0.5) is 23.2 Å². The van der Waals surface area contributed by atoms with E-state index >= 15 is 0 Å². The van der Waals surface area contributed by atoms with Crippen molar-refractivity contribution in [2.45, 2.75) is 37.6 Å². The minimum absolute atomic E-state index is 0.0163. The first kappa shape index (κ1) is 21.8. The van der Waals surface area contributed by atoms with Gasteiger partial charge in [-0.15, -0.1) is 0 Å². The molecule has 154 valence electrons. The zero-order valence-corrected chi connectivity index (χ0v) is 16.2. The molecule has 0 aliphatic carbocycles. The molecule has 2 aromatic heterocycles. The van der Waals surface area contributed by atoms with Crippen LogP contribution in [0.15, 0.2) is 23.2 Å². The number of carbonyl (C=O) groups excluding carboxylic acids is 1. The molecule has 0 radical (unpaired) electrons. The molecule has 1 amide bonds. The Labute approximate surface area is 158 Å². The molecule has 0 aliphatic rings. The number of aryl methyl sites for hydroxylation is 2. The average Bonchev–Trinajstić information content (AvgIpc) is 2.80. The monoisotopic (exact) mass is 422 g/mol. The van der Waals surface area contributed by atoms with Gasteiger partial charge >= 0.3 is 0 Å². The summed E-state index contributed by atoms with van der Waals surface area (Å²) in [7, 11) is -3.47. The third kappa shape index (κ3) is 4.68. The quantitative estimate of drug-likeness (QED) is 0.553. The highest BCUT2D eigenvalue weighted by Gasteiger charge is 2.36. The highest BCUT2D eigenvalue weighted by atomic mass is 32.2. The van der Waals surface area contributed by atoms with Crippen LogP contribution in [0, 0.1) is 18.7 Å². The molecule has 0 saturated carbocycles. The molecule has 12 heteroatoms. The van der Waals surface area contributed by atoms with Crippen molar-refractivity contribution in [1.82, 2.24) is 14.3 Å². The van der Waals surface area contributed by atoms with E-state index in [4.69, 9.17) is 0 Å². The molecule has 0 bridgehead atoms. The lowest BCUT2D eigenvalue weighted by Crippen LogP contribution is -2.43. The summed E-state index contributed by atoms with van der Waals surface area (Å²) in [5.74, 6) is -6.74. The van der Waals surface area contributed by atoms with Crippen LogP contribution in [0.5, 0.6) is 0 Å². The van der Waals surface area contributed by atoms with E-state index in [0.29, 0.717) is 6.92 Å². The van der Waals surface area contributed by atoms with Gasteiger partial charge in [-0.05, 0) is 19.9 Å². The van der Waals surface area contributed by atoms with E-state index in [1.165, 1.54) is 20.0 Å². The van der Waals surface area contributed by atoms with Crippen molar-refractivity contribution >= 4 is 21.6 Å². The summed E-state index contributed by atoms with van der Waals surface area (Å²) in [4.78, 5) is 14.9. The summed E-state index contributed by atoms with van der Waals surface area (Å²) in [5.41, 5.74) is -0.437. The maximum atomic E-state index is 14.7. The van der Waals surface area contributed by atoms with Gasteiger partial charge in [-0.3, -0.25) is 4.79 Å². The summed E-state index contributed by atoms with van der Waals surface area (Å²) in [6.45, 7) is 2.91. The second kappa shape index (κ2) is 7.51. The maximum absolute atomic E-state index is 14.7. The van der Waals surface area contributed by atoms with Crippen molar-refractivity contribution in [2.75, 3.05) is 5.32 Å². The van der Waals surface area contributed by atoms with Crippen molar-refractivity contribution < 1.29 is 30.8 Å². The van der Waals surface area contributed by atoms with Gasteiger partial charge in [0.25, 0.3) is 11.8 Å². The Bertz CT molecular complexity index is 995. The van der Waals surface area contributed by atoms with Crippen LogP contribution in [0.2, 0.25) is 0 Å². The number of halogens is 4. The molecular weight excluding hydrogens is 404 g/mol. The summed E-state index contributed by atoms with van der Waals surface area (Å²) >= 11 is 0. The number of hydrogen-bond donors (Lipinski definition) is 2. The number of aromatic nitrogens is 2. The fourth-order valence-electron chi connectivity index (χ4n) is 2.31. The van der Waals surface area contributed by atoms with E-state index in [9.17, 15) is 30.8 Å². The normalized spacial score (nSPS) is 13.4. The molecule has 1 atom stereocenters. The van der Waals surface area contributed by atoms with Crippen LogP contribution in [-0.2, 0) is 17.1 Å². The van der Waals surface area contributed by atoms with E-state index in [-0.39, 0.29) is 11.4 Å². The fraction of sp³-hybridized carbons (Fsp3) is 0.375. The first-order chi connectivity index (χ1) is 12.7. The van der Waals surface area contributed by atoms with E-state index in [1.54, 1.807) is 4.72 Å². The number of anilines is 1. The minimum Gasteiger partial charge on any atom is -0.343 e. The van der Waals surface area contributed by atoms with Crippen LogP contribution in [0.25, 0.3) is 0 Å². The largest absolute Gasteiger partial charge is 0.343 e. The third-order valence-corrected chi connectivity index (χ3v) is 5.39. The number of pyridine rings is 1. The van der Waals surface area contributed by atoms with Gasteiger partial charge in [0.15, 0.2) is 5.82 Å². The number of nitrogens with one attached hydrogen (secondary N) is 2. The van der Waals surface area contributed by atoms with Gasteiger partial charge in [-0.1, -0.05) is 0 Å². The standard InChI is InChI=1S/C16H18F4N4O3S/c1-8-5-10(6-12(17)21-8)22-15(25)14-13(18)11(7-24(14)4)28(26,27)23-9(2)16(3,19)20/h5-7,9,23H,1-4H3,(H,21,22,25)/t9-/m1/s1. The summed E-state index contributed by atoms with van der Waals surface area (Å²) in [6, 6.07) is 0.416. The Kier molecular flexibility index (Phi) is 5.85. The van der Waals surface area contributed by atoms with E-state index in [2.05, 4.69) is 10.3 Å². The van der Waals surface area contributed by atoms with Crippen molar-refractivity contribution in [1.29, 1.82) is 0 Å². The lowest BCUT2D eigenvalue weighted by atomic mass is 10.2. The van der Waals surface area contributed by atoms with Gasteiger partial charge in [0.05, 0.1) is 6.04 Å². The Morgan fingerprint density at radius 1 is 1.29 bits per heavy atom. The number of hydrogen-bond acceptors (Lipinski definition) is 4. The zero-order chi connectivity index (χ0) is 21.4. The average molecular weight is 422 g/mol. The van der Waals surface area contributed by atoms with Crippen molar-refractivity contribution in [2.24, 2.45) is 7.05 Å². The fourth-order valence-corrected chi connectivity index (χ4v) is 3.73. The predicted molar refractivity (Wildman–Crippen MR) is 92.7 cm³/mol. The van der Waals surface area contributed by atoms with Gasteiger partial charge in [-0.2, -0.15) is 4.39 Å². The molecule has 0 unspecified atom stereocenters. The van der Waals surface area contributed by atoms with Crippen LogP contribution >= 0.6 is 0 Å². The van der Waals surface area contributed by atoms with Crippen molar-refractivity contribution in [3.05, 3.63) is 41.5 Å². The summed E-state index contributed by atoms with van der Waals surface area (Å²) in [6.07, 6.45) is 0.783. The molecular formula is C16H18F4N4O3S. The van der Waals surface area contributed by atoms with Crippen LogP contribution in [0.3, 0.4) is 0 Å². The van der Waals surface area contributed by atoms with Gasteiger partial charge in [-0.25, -0.2) is 31.3 Å². The molecule has 0 spiro atoms. The Morgan fingerprint density at radius 2 is 1.89 bits per heavy atom. The van der Waals surface area contributed by atoms with E-state index in [0.717, 1.165) is 23.8 Å². The molecule has 0 aliphatic heterocycles. The molecule has 2 heterocycles. The number of nitrogens with zero attached hydrogens (tertiary/aromatic N) is 2. The zero-order valence-electron chi connectivity index (χ0n) is 15.3. The molecule has 2 rings (SSSR count). The Balaban J connectivity index is 2.36. The van der Waals surface area contributed by atoms with E-state index < -0.39 is 50.2 Å². The molecule has 0 fully saturated rings. The molecule has 0 saturated heterocycles. The Hall–Kier alpha value is -2.47. The molecule has 7 nitrogen and oxygen atoms in total. The second-order valence-electron chi connectivity index (χ2n) is 6.34. The summed E-state index contributed by atoms with van der Waals surface area (Å²) < 4.78 is 81.6. The van der Waals surface area contributed by atoms with Crippen LogP contribution in [-0.4, -0.2) is 35.8 Å².